The lowest BCUT2D eigenvalue weighted by molar-refractivity contribution is 0.0515. The van der Waals surface area contributed by atoms with Crippen LogP contribution in [0.2, 0.25) is 0 Å². The second-order valence-electron chi connectivity index (χ2n) is 10.1. The molecule has 1 aromatic carbocycles. The molecule has 0 saturated carbocycles. The van der Waals surface area contributed by atoms with Crippen LogP contribution < -0.4 is 21.3 Å². The highest BCUT2D eigenvalue weighted by Gasteiger charge is 2.18. The van der Waals surface area contributed by atoms with Crippen molar-refractivity contribution in [3.8, 4) is 0 Å². The topological polar surface area (TPSA) is 152 Å². The van der Waals surface area contributed by atoms with Crippen LogP contribution in [-0.4, -0.2) is 66.6 Å². The molecule has 4 N–H and O–H groups in total. The Balaban J connectivity index is 2.59. The molecule has 0 fully saturated rings. The lowest BCUT2D eigenvalue weighted by Crippen LogP contribution is -2.34. The van der Waals surface area contributed by atoms with Crippen molar-refractivity contribution >= 4 is 40.8 Å². The lowest BCUT2D eigenvalue weighted by Gasteiger charge is -2.19. The van der Waals surface area contributed by atoms with Gasteiger partial charge in [-0.05, 0) is 84.2 Å². The summed E-state index contributed by atoms with van der Waals surface area (Å²) in [6, 6.07) is 3.95. The third kappa shape index (κ3) is 14.1. The van der Waals surface area contributed by atoms with Gasteiger partial charge in [0, 0.05) is 42.9 Å². The summed E-state index contributed by atoms with van der Waals surface area (Å²) in [5.41, 5.74) is -1.04. The molecule has 0 heterocycles. The van der Waals surface area contributed by atoms with Crippen molar-refractivity contribution in [3.63, 3.8) is 0 Å². The fourth-order valence-corrected chi connectivity index (χ4v) is 2.91. The fourth-order valence-electron chi connectivity index (χ4n) is 2.80. The Hall–Kier alpha value is -3.34. The predicted octanol–water partition coefficient (Wildman–Crippen LogP) is 3.35. The smallest absolute Gasteiger partial charge is 0.407 e. The number of amides is 4. The Bertz CT molecular complexity index is 916. The summed E-state index contributed by atoms with van der Waals surface area (Å²) in [5, 5.41) is 9.70. The van der Waals surface area contributed by atoms with Crippen LogP contribution >= 0.6 is 11.6 Å². The van der Waals surface area contributed by atoms with E-state index in [0.717, 1.165) is 0 Å². The maximum Gasteiger partial charge on any atom is 0.407 e. The third-order valence-electron chi connectivity index (χ3n) is 4.30. The van der Waals surface area contributed by atoms with Crippen LogP contribution in [0.5, 0.6) is 0 Å². The molecule has 0 aromatic heterocycles. The van der Waals surface area contributed by atoms with Gasteiger partial charge in [0.25, 0.3) is 17.1 Å². The second-order valence-corrected chi connectivity index (χ2v) is 10.5. The van der Waals surface area contributed by atoms with Crippen molar-refractivity contribution in [2.24, 2.45) is 0 Å². The van der Waals surface area contributed by atoms with Gasteiger partial charge in [-0.1, -0.05) is 0 Å². The number of rotatable bonds is 11. The zero-order valence-electron chi connectivity index (χ0n) is 22.2. The molecule has 0 aliphatic heterocycles. The average molecular weight is 541 g/mol. The van der Waals surface area contributed by atoms with Gasteiger partial charge in [0.2, 0.25) is 0 Å². The SMILES string of the molecule is CC(C)(C)OC(=O)NCCCNC(=O)c1cc(C(=O)Cl)cc(C(=O)NCCCNC(=O)OC(C)(C)C)c1. The molecule has 4 amide bonds. The Kier molecular flexibility index (Phi) is 12.3. The summed E-state index contributed by atoms with van der Waals surface area (Å²) < 4.78 is 10.3. The molecule has 37 heavy (non-hydrogen) atoms. The van der Waals surface area contributed by atoms with Gasteiger partial charge in [0.1, 0.15) is 11.2 Å². The van der Waals surface area contributed by atoms with Gasteiger partial charge in [0.05, 0.1) is 0 Å². The molecule has 0 atom stereocenters. The molecule has 1 rings (SSSR count). The van der Waals surface area contributed by atoms with E-state index in [1.54, 1.807) is 41.5 Å². The predicted molar refractivity (Wildman–Crippen MR) is 139 cm³/mol. The minimum Gasteiger partial charge on any atom is -0.444 e. The van der Waals surface area contributed by atoms with Crippen molar-refractivity contribution in [1.29, 1.82) is 0 Å². The minimum atomic E-state index is -0.813. The number of carbonyl (C=O) groups excluding carboxylic acids is 5. The van der Waals surface area contributed by atoms with Crippen molar-refractivity contribution in [2.45, 2.75) is 65.6 Å². The van der Waals surface area contributed by atoms with E-state index >= 15 is 0 Å². The van der Waals surface area contributed by atoms with E-state index in [0.29, 0.717) is 12.8 Å². The Morgan fingerprint density at radius 2 is 0.946 bits per heavy atom. The molecular weight excluding hydrogens is 504 g/mol. The highest BCUT2D eigenvalue weighted by molar-refractivity contribution is 6.67. The summed E-state index contributed by atoms with van der Waals surface area (Å²) in [6.45, 7) is 11.6. The van der Waals surface area contributed by atoms with Crippen LogP contribution in [0.25, 0.3) is 0 Å². The van der Waals surface area contributed by atoms with Crippen LogP contribution in [-0.2, 0) is 9.47 Å². The molecule has 0 spiro atoms. The van der Waals surface area contributed by atoms with E-state index in [9.17, 15) is 24.0 Å². The molecule has 12 heteroatoms. The standard InChI is InChI=1S/C25H37ClN4O7/c1-24(2,3)36-22(34)29-11-7-9-27-20(32)17-13-16(19(26)31)14-18(15-17)21(33)28-10-8-12-30-23(35)37-25(4,5)6/h13-15H,7-12H2,1-6H3,(H,27,32)(H,28,33)(H,29,34)(H,30,35). The summed E-state index contributed by atoms with van der Waals surface area (Å²) in [4.78, 5) is 60.2. The monoisotopic (exact) mass is 540 g/mol. The van der Waals surface area contributed by atoms with Gasteiger partial charge in [-0.25, -0.2) is 9.59 Å². The number of hydrogen-bond acceptors (Lipinski definition) is 7. The normalized spacial score (nSPS) is 11.2. The van der Waals surface area contributed by atoms with Crippen LogP contribution in [0.15, 0.2) is 18.2 Å². The van der Waals surface area contributed by atoms with Crippen molar-refractivity contribution in [3.05, 3.63) is 34.9 Å². The van der Waals surface area contributed by atoms with Crippen LogP contribution in [0.1, 0.15) is 85.5 Å². The second kappa shape index (κ2) is 14.4. The molecule has 0 saturated heterocycles. The van der Waals surface area contributed by atoms with Gasteiger partial charge in [-0.15, -0.1) is 0 Å². The van der Waals surface area contributed by atoms with Gasteiger partial charge in [0.15, 0.2) is 0 Å². The fraction of sp³-hybridized carbons (Fsp3) is 0.560. The molecule has 11 nitrogen and oxygen atoms in total. The summed E-state index contributed by atoms with van der Waals surface area (Å²) >= 11 is 5.59. The van der Waals surface area contributed by atoms with E-state index in [1.807, 2.05) is 0 Å². The largest absolute Gasteiger partial charge is 0.444 e. The number of benzene rings is 1. The number of alkyl carbamates (subject to hydrolysis) is 2. The van der Waals surface area contributed by atoms with Gasteiger partial charge in [-0.3, -0.25) is 14.4 Å². The van der Waals surface area contributed by atoms with Crippen LogP contribution in [0, 0.1) is 0 Å². The van der Waals surface area contributed by atoms with E-state index in [4.69, 9.17) is 21.1 Å². The molecular formula is C25H37ClN4O7. The lowest BCUT2D eigenvalue weighted by atomic mass is 10.0. The highest BCUT2D eigenvalue weighted by Crippen LogP contribution is 2.13. The molecule has 206 valence electrons. The summed E-state index contributed by atoms with van der Waals surface area (Å²) in [6.07, 6.45) is -0.236. The van der Waals surface area contributed by atoms with E-state index in [1.165, 1.54) is 18.2 Å². The van der Waals surface area contributed by atoms with Gasteiger partial charge >= 0.3 is 12.2 Å². The maximum absolute atomic E-state index is 12.6. The molecule has 0 aliphatic rings. The third-order valence-corrected chi connectivity index (χ3v) is 4.52. The van der Waals surface area contributed by atoms with Crippen LogP contribution in [0.4, 0.5) is 9.59 Å². The Morgan fingerprint density at radius 1 is 0.622 bits per heavy atom. The number of ether oxygens (including phenoxy) is 2. The van der Waals surface area contributed by atoms with Crippen molar-refractivity contribution < 1.29 is 33.4 Å². The average Bonchev–Trinajstić information content (AvgIpc) is 2.75. The number of halogens is 1. The Morgan fingerprint density at radius 3 is 1.27 bits per heavy atom. The maximum atomic E-state index is 12.6. The molecule has 1 aromatic rings. The molecule has 0 radical (unpaired) electrons. The van der Waals surface area contributed by atoms with Crippen molar-refractivity contribution in [1.82, 2.24) is 21.3 Å². The molecule has 0 bridgehead atoms. The van der Waals surface area contributed by atoms with Crippen LogP contribution in [0.3, 0.4) is 0 Å². The van der Waals surface area contributed by atoms with E-state index in [-0.39, 0.29) is 42.9 Å². The first-order chi connectivity index (χ1) is 17.1. The zero-order chi connectivity index (χ0) is 28.2. The van der Waals surface area contributed by atoms with Gasteiger partial charge in [-0.2, -0.15) is 0 Å². The number of carbonyl (C=O) groups is 5. The molecule has 0 unspecified atom stereocenters. The first kappa shape index (κ1) is 31.7. The zero-order valence-corrected chi connectivity index (χ0v) is 23.0. The minimum absolute atomic E-state index is 0.00217. The highest BCUT2D eigenvalue weighted by atomic mass is 35.5. The Labute approximate surface area is 222 Å². The quantitative estimate of drug-likeness (QED) is 0.248. The number of nitrogens with one attached hydrogen (secondary N) is 4. The summed E-state index contributed by atoms with van der Waals surface area (Å²) in [7, 11) is 0. The van der Waals surface area contributed by atoms with Crippen molar-refractivity contribution in [2.75, 3.05) is 26.2 Å². The van der Waals surface area contributed by atoms with Gasteiger partial charge < -0.3 is 30.7 Å². The first-order valence-electron chi connectivity index (χ1n) is 11.9. The molecule has 0 aliphatic carbocycles. The number of hydrogen-bond donors (Lipinski definition) is 4. The summed E-state index contributed by atoms with van der Waals surface area (Å²) in [5.74, 6) is -1.01. The first-order valence-corrected chi connectivity index (χ1v) is 12.3. The van der Waals surface area contributed by atoms with E-state index in [2.05, 4.69) is 21.3 Å². The van der Waals surface area contributed by atoms with E-state index < -0.39 is 40.4 Å².